The van der Waals surface area contributed by atoms with E-state index in [4.69, 9.17) is 5.73 Å². The fourth-order valence-corrected chi connectivity index (χ4v) is 3.52. The molecule has 2 N–H and O–H groups in total. The van der Waals surface area contributed by atoms with Gasteiger partial charge < -0.3 is 5.73 Å². The summed E-state index contributed by atoms with van der Waals surface area (Å²) in [5, 5.41) is 1.23. The average Bonchev–Trinajstić information content (AvgIpc) is 2.46. The van der Waals surface area contributed by atoms with Gasteiger partial charge in [0.2, 0.25) is 0 Å². The molecule has 1 aliphatic carbocycles. The number of nitrogens with zero attached hydrogens (tertiary/aromatic N) is 1. The maximum Gasteiger partial charge on any atom is 0.0708 e. The minimum absolute atomic E-state index is 0.147. The Hall–Kier alpha value is -1.41. The number of pyridine rings is 1. The van der Waals surface area contributed by atoms with E-state index in [1.54, 1.807) is 0 Å². The molecule has 3 rings (SSSR count). The number of aryl methyl sites for hydroxylation is 1. The molecule has 2 heteroatoms. The summed E-state index contributed by atoms with van der Waals surface area (Å²) >= 11 is 0. The normalized spacial score (nSPS) is 24.8. The van der Waals surface area contributed by atoms with E-state index in [9.17, 15) is 0 Å². The molecule has 0 radical (unpaired) electrons. The van der Waals surface area contributed by atoms with E-state index in [0.29, 0.717) is 5.92 Å². The van der Waals surface area contributed by atoms with Gasteiger partial charge in [-0.25, -0.2) is 0 Å². The number of hydrogen-bond acceptors (Lipinski definition) is 2. The molecule has 0 saturated heterocycles. The van der Waals surface area contributed by atoms with Crippen LogP contribution in [-0.2, 0) is 0 Å². The second kappa shape index (κ2) is 5.53. The predicted molar refractivity (Wildman–Crippen MR) is 84.5 cm³/mol. The summed E-state index contributed by atoms with van der Waals surface area (Å²) in [5.41, 5.74) is 10.0. The average molecular weight is 268 g/mol. The van der Waals surface area contributed by atoms with Crippen molar-refractivity contribution in [1.29, 1.82) is 0 Å². The van der Waals surface area contributed by atoms with Crippen LogP contribution in [0.3, 0.4) is 0 Å². The predicted octanol–water partition coefficient (Wildman–Crippen LogP) is 4.37. The Labute approximate surface area is 121 Å². The molecule has 1 heterocycles. The minimum Gasteiger partial charge on any atom is -0.324 e. The molecule has 1 fully saturated rings. The van der Waals surface area contributed by atoms with E-state index in [0.717, 1.165) is 17.1 Å². The van der Waals surface area contributed by atoms with Crippen LogP contribution in [0.2, 0.25) is 0 Å². The van der Waals surface area contributed by atoms with E-state index in [-0.39, 0.29) is 6.04 Å². The van der Waals surface area contributed by atoms with E-state index in [1.165, 1.54) is 36.6 Å². The van der Waals surface area contributed by atoms with Gasteiger partial charge in [0.25, 0.3) is 0 Å². The van der Waals surface area contributed by atoms with Crippen LogP contribution in [0, 0.1) is 18.8 Å². The molecule has 1 saturated carbocycles. The minimum atomic E-state index is 0.147. The number of aromatic nitrogens is 1. The highest BCUT2D eigenvalue weighted by Crippen LogP contribution is 2.37. The monoisotopic (exact) mass is 268 g/mol. The Bertz CT molecular complexity index is 597. The third-order valence-corrected chi connectivity index (χ3v) is 4.80. The highest BCUT2D eigenvalue weighted by molar-refractivity contribution is 5.82. The maximum atomic E-state index is 6.62. The van der Waals surface area contributed by atoms with Crippen molar-refractivity contribution in [3.8, 4) is 0 Å². The van der Waals surface area contributed by atoms with Gasteiger partial charge in [0.05, 0.1) is 5.52 Å². The standard InChI is InChI=1S/C18H24N2/c1-12-7-9-14(10-8-12)18(19)16-11-13(2)20-17-6-4-3-5-15(16)17/h3-6,11-12,14,18H,7-10,19H2,1-2H3. The maximum absolute atomic E-state index is 6.62. The zero-order valence-electron chi connectivity index (χ0n) is 12.5. The summed E-state index contributed by atoms with van der Waals surface area (Å²) in [6, 6.07) is 10.7. The number of rotatable bonds is 2. The molecular formula is C18H24N2. The Kier molecular flexibility index (Phi) is 3.75. The molecule has 0 aliphatic heterocycles. The van der Waals surface area contributed by atoms with Crippen molar-refractivity contribution in [3.05, 3.63) is 41.6 Å². The van der Waals surface area contributed by atoms with Crippen molar-refractivity contribution in [3.63, 3.8) is 0 Å². The van der Waals surface area contributed by atoms with Crippen LogP contribution < -0.4 is 5.73 Å². The van der Waals surface area contributed by atoms with Gasteiger partial charge in [0.1, 0.15) is 0 Å². The number of hydrogen-bond donors (Lipinski definition) is 1. The Morgan fingerprint density at radius 3 is 2.60 bits per heavy atom. The molecule has 2 nitrogen and oxygen atoms in total. The van der Waals surface area contributed by atoms with Crippen molar-refractivity contribution in [2.75, 3.05) is 0 Å². The lowest BCUT2D eigenvalue weighted by atomic mass is 9.77. The van der Waals surface area contributed by atoms with Crippen molar-refractivity contribution >= 4 is 10.9 Å². The zero-order valence-corrected chi connectivity index (χ0v) is 12.5. The third-order valence-electron chi connectivity index (χ3n) is 4.80. The first-order valence-corrected chi connectivity index (χ1v) is 7.77. The Balaban J connectivity index is 1.96. The first-order valence-electron chi connectivity index (χ1n) is 7.77. The summed E-state index contributed by atoms with van der Waals surface area (Å²) < 4.78 is 0. The van der Waals surface area contributed by atoms with Gasteiger partial charge in [-0.3, -0.25) is 4.98 Å². The van der Waals surface area contributed by atoms with Crippen LogP contribution in [0.15, 0.2) is 30.3 Å². The first kappa shape index (κ1) is 13.6. The second-order valence-corrected chi connectivity index (χ2v) is 6.42. The van der Waals surface area contributed by atoms with E-state index >= 15 is 0 Å². The molecule has 1 unspecified atom stereocenters. The Morgan fingerprint density at radius 1 is 1.15 bits per heavy atom. The fourth-order valence-electron chi connectivity index (χ4n) is 3.52. The van der Waals surface area contributed by atoms with Crippen LogP contribution >= 0.6 is 0 Å². The van der Waals surface area contributed by atoms with Crippen LogP contribution in [0.1, 0.15) is 49.9 Å². The molecule has 1 aromatic heterocycles. The van der Waals surface area contributed by atoms with Gasteiger partial charge in [0, 0.05) is 17.1 Å². The number of fused-ring (bicyclic) bond motifs is 1. The van der Waals surface area contributed by atoms with Crippen LogP contribution in [0.25, 0.3) is 10.9 Å². The number of para-hydroxylation sites is 1. The summed E-state index contributed by atoms with van der Waals surface area (Å²) in [7, 11) is 0. The van der Waals surface area contributed by atoms with Gasteiger partial charge in [-0.2, -0.15) is 0 Å². The van der Waals surface area contributed by atoms with Gasteiger partial charge in [-0.05, 0) is 49.3 Å². The topological polar surface area (TPSA) is 38.9 Å². The lowest BCUT2D eigenvalue weighted by Crippen LogP contribution is -2.25. The number of benzene rings is 1. The summed E-state index contributed by atoms with van der Waals surface area (Å²) in [6.07, 6.45) is 5.16. The highest BCUT2D eigenvalue weighted by Gasteiger charge is 2.25. The quantitative estimate of drug-likeness (QED) is 0.878. The lowest BCUT2D eigenvalue weighted by molar-refractivity contribution is 0.256. The second-order valence-electron chi connectivity index (χ2n) is 6.42. The van der Waals surface area contributed by atoms with Crippen molar-refractivity contribution in [1.82, 2.24) is 4.98 Å². The molecule has 0 bridgehead atoms. The van der Waals surface area contributed by atoms with Gasteiger partial charge in [0.15, 0.2) is 0 Å². The largest absolute Gasteiger partial charge is 0.324 e. The van der Waals surface area contributed by atoms with E-state index in [1.807, 2.05) is 6.07 Å². The van der Waals surface area contributed by atoms with Crippen molar-refractivity contribution < 1.29 is 0 Å². The summed E-state index contributed by atoms with van der Waals surface area (Å²) in [4.78, 5) is 4.62. The van der Waals surface area contributed by atoms with Crippen molar-refractivity contribution in [2.45, 2.75) is 45.6 Å². The molecule has 1 aromatic carbocycles. The van der Waals surface area contributed by atoms with Crippen molar-refractivity contribution in [2.24, 2.45) is 17.6 Å². The SMILES string of the molecule is Cc1cc(C(N)C2CCC(C)CC2)c2ccccc2n1. The van der Waals surface area contributed by atoms with Gasteiger partial charge in [-0.1, -0.05) is 38.0 Å². The molecule has 106 valence electrons. The number of nitrogens with two attached hydrogens (primary N) is 1. The Morgan fingerprint density at radius 2 is 1.85 bits per heavy atom. The third kappa shape index (κ3) is 2.57. The summed E-state index contributed by atoms with van der Waals surface area (Å²) in [5.74, 6) is 1.49. The van der Waals surface area contributed by atoms with Crippen LogP contribution in [-0.4, -0.2) is 4.98 Å². The smallest absolute Gasteiger partial charge is 0.0708 e. The van der Waals surface area contributed by atoms with Gasteiger partial charge in [-0.15, -0.1) is 0 Å². The van der Waals surface area contributed by atoms with E-state index in [2.05, 4.69) is 43.1 Å². The molecule has 1 atom stereocenters. The molecule has 0 amide bonds. The van der Waals surface area contributed by atoms with Gasteiger partial charge >= 0.3 is 0 Å². The lowest BCUT2D eigenvalue weighted by Gasteiger charge is -2.31. The molecular weight excluding hydrogens is 244 g/mol. The summed E-state index contributed by atoms with van der Waals surface area (Å²) in [6.45, 7) is 4.42. The van der Waals surface area contributed by atoms with Crippen LogP contribution in [0.5, 0.6) is 0 Å². The fraction of sp³-hybridized carbons (Fsp3) is 0.500. The van der Waals surface area contributed by atoms with Crippen LogP contribution in [0.4, 0.5) is 0 Å². The molecule has 0 spiro atoms. The zero-order chi connectivity index (χ0) is 14.1. The molecule has 2 aromatic rings. The molecule has 20 heavy (non-hydrogen) atoms. The first-order chi connectivity index (χ1) is 9.65. The highest BCUT2D eigenvalue weighted by atomic mass is 14.7. The molecule has 1 aliphatic rings. The van der Waals surface area contributed by atoms with E-state index < -0.39 is 0 Å².